The molecule has 0 fully saturated rings. The molecule has 1 amide bonds. The highest BCUT2D eigenvalue weighted by atomic mass is 16.4. The second-order valence-electron chi connectivity index (χ2n) is 5.17. The maximum absolute atomic E-state index is 11.5. The van der Waals surface area contributed by atoms with Crippen LogP contribution in [0.25, 0.3) is 0 Å². The Balaban J connectivity index is 3.95. The molecule has 0 saturated carbocycles. The Morgan fingerprint density at radius 1 is 1.29 bits per heavy atom. The highest BCUT2D eigenvalue weighted by Gasteiger charge is 2.18. The van der Waals surface area contributed by atoms with Crippen molar-refractivity contribution in [2.75, 3.05) is 6.54 Å². The van der Waals surface area contributed by atoms with Crippen LogP contribution in [-0.4, -0.2) is 35.1 Å². The highest BCUT2D eigenvalue weighted by Crippen LogP contribution is 1.99. The quantitative estimate of drug-likeness (QED) is 0.627. The number of carbonyl (C=O) groups is 2. The van der Waals surface area contributed by atoms with E-state index >= 15 is 0 Å². The van der Waals surface area contributed by atoms with E-state index in [2.05, 4.69) is 10.6 Å². The third kappa shape index (κ3) is 8.68. The van der Waals surface area contributed by atoms with Gasteiger partial charge in [0.1, 0.15) is 6.04 Å². The second-order valence-corrected chi connectivity index (χ2v) is 5.17. The Labute approximate surface area is 103 Å². The molecular formula is C12H24N2O3. The van der Waals surface area contributed by atoms with Gasteiger partial charge in [0.15, 0.2) is 0 Å². The number of nitrogens with one attached hydrogen (secondary N) is 2. The molecule has 0 aromatic rings. The molecule has 0 spiro atoms. The molecule has 1 unspecified atom stereocenters. The van der Waals surface area contributed by atoms with Gasteiger partial charge in [0.2, 0.25) is 5.91 Å². The van der Waals surface area contributed by atoms with Gasteiger partial charge in [0.05, 0.1) is 0 Å². The molecule has 0 aliphatic heterocycles. The lowest BCUT2D eigenvalue weighted by Crippen LogP contribution is -2.43. The minimum Gasteiger partial charge on any atom is -0.480 e. The van der Waals surface area contributed by atoms with Crippen molar-refractivity contribution >= 4 is 11.9 Å². The molecule has 0 rings (SSSR count). The van der Waals surface area contributed by atoms with Gasteiger partial charge >= 0.3 is 5.97 Å². The topological polar surface area (TPSA) is 78.4 Å². The van der Waals surface area contributed by atoms with Gasteiger partial charge in [-0.15, -0.1) is 0 Å². The summed E-state index contributed by atoms with van der Waals surface area (Å²) in [7, 11) is 0. The minimum absolute atomic E-state index is 0.0318. The van der Waals surface area contributed by atoms with Gasteiger partial charge in [-0.3, -0.25) is 4.79 Å². The largest absolute Gasteiger partial charge is 0.480 e. The van der Waals surface area contributed by atoms with E-state index in [1.807, 2.05) is 27.7 Å². The summed E-state index contributed by atoms with van der Waals surface area (Å²) in [5.41, 5.74) is -0.0318. The Bertz CT molecular complexity index is 259. The molecule has 0 radical (unpaired) electrons. The Hall–Kier alpha value is -1.10. The van der Waals surface area contributed by atoms with Gasteiger partial charge in [-0.05, 0) is 27.2 Å². The van der Waals surface area contributed by atoms with E-state index < -0.39 is 12.0 Å². The molecule has 0 aromatic carbocycles. The summed E-state index contributed by atoms with van der Waals surface area (Å²) >= 11 is 0. The fourth-order valence-electron chi connectivity index (χ4n) is 1.36. The normalized spacial score (nSPS) is 13.2. The van der Waals surface area contributed by atoms with Crippen molar-refractivity contribution < 1.29 is 14.7 Å². The average molecular weight is 244 g/mol. The lowest BCUT2D eigenvalue weighted by molar-refractivity contribution is -0.142. The first-order valence-corrected chi connectivity index (χ1v) is 6.03. The van der Waals surface area contributed by atoms with Crippen LogP contribution in [-0.2, 0) is 9.59 Å². The predicted molar refractivity (Wildman–Crippen MR) is 66.8 cm³/mol. The average Bonchev–Trinajstić information content (AvgIpc) is 2.14. The first-order chi connectivity index (χ1) is 7.76. The monoisotopic (exact) mass is 244 g/mol. The van der Waals surface area contributed by atoms with Crippen LogP contribution < -0.4 is 10.6 Å². The molecule has 5 heteroatoms. The van der Waals surface area contributed by atoms with Gasteiger partial charge in [0, 0.05) is 18.5 Å². The number of hydrogen-bond acceptors (Lipinski definition) is 3. The van der Waals surface area contributed by atoms with E-state index in [0.29, 0.717) is 19.4 Å². The van der Waals surface area contributed by atoms with Crippen molar-refractivity contribution in [2.24, 2.45) is 0 Å². The van der Waals surface area contributed by atoms with Crippen LogP contribution in [0.1, 0.15) is 47.0 Å². The number of aliphatic carboxylic acids is 1. The van der Waals surface area contributed by atoms with Gasteiger partial charge in [-0.2, -0.15) is 0 Å². The molecule has 1 atom stereocenters. The number of amides is 1. The number of carboxylic acid groups (broad SMARTS) is 1. The molecule has 17 heavy (non-hydrogen) atoms. The molecule has 0 heterocycles. The maximum Gasteiger partial charge on any atom is 0.326 e. The fraction of sp³-hybridized carbons (Fsp3) is 0.833. The molecule has 100 valence electrons. The van der Waals surface area contributed by atoms with Gasteiger partial charge in [-0.1, -0.05) is 13.3 Å². The van der Waals surface area contributed by atoms with Crippen LogP contribution >= 0.6 is 0 Å². The zero-order valence-corrected chi connectivity index (χ0v) is 11.2. The Morgan fingerprint density at radius 2 is 1.88 bits per heavy atom. The standard InChI is InChI=1S/C12H24N2O3/c1-5-6-9(11(16)17)14-10(15)7-8-13-12(2,3)4/h9,13H,5-8H2,1-4H3,(H,14,15)(H,16,17). The summed E-state index contributed by atoms with van der Waals surface area (Å²) in [6.45, 7) is 8.49. The summed E-state index contributed by atoms with van der Waals surface area (Å²) in [5.74, 6) is -1.19. The number of carbonyl (C=O) groups excluding carboxylic acids is 1. The molecule has 0 bridgehead atoms. The molecule has 3 N–H and O–H groups in total. The Kier molecular flexibility index (Phi) is 6.80. The summed E-state index contributed by atoms with van der Waals surface area (Å²) in [6.07, 6.45) is 1.50. The van der Waals surface area contributed by atoms with E-state index in [1.54, 1.807) is 0 Å². The molecule has 0 aliphatic rings. The van der Waals surface area contributed by atoms with Crippen molar-refractivity contribution in [3.05, 3.63) is 0 Å². The summed E-state index contributed by atoms with van der Waals surface area (Å²) in [5, 5.41) is 14.6. The van der Waals surface area contributed by atoms with Crippen molar-refractivity contribution in [2.45, 2.75) is 58.5 Å². The minimum atomic E-state index is -0.969. The second kappa shape index (κ2) is 7.27. The third-order valence-electron chi connectivity index (χ3n) is 2.22. The molecule has 5 nitrogen and oxygen atoms in total. The van der Waals surface area contributed by atoms with Crippen molar-refractivity contribution in [3.8, 4) is 0 Å². The number of carboxylic acids is 1. The smallest absolute Gasteiger partial charge is 0.326 e. The van der Waals surface area contributed by atoms with Gasteiger partial charge in [-0.25, -0.2) is 4.79 Å². The van der Waals surface area contributed by atoms with Crippen LogP contribution in [0.4, 0.5) is 0 Å². The van der Waals surface area contributed by atoms with Gasteiger partial charge < -0.3 is 15.7 Å². The van der Waals surface area contributed by atoms with Crippen molar-refractivity contribution in [1.82, 2.24) is 10.6 Å². The van der Waals surface area contributed by atoms with Crippen molar-refractivity contribution in [3.63, 3.8) is 0 Å². The summed E-state index contributed by atoms with van der Waals surface area (Å²) in [6, 6.07) is -0.762. The van der Waals surface area contributed by atoms with E-state index in [4.69, 9.17) is 5.11 Å². The third-order valence-corrected chi connectivity index (χ3v) is 2.22. The highest BCUT2D eigenvalue weighted by molar-refractivity contribution is 5.83. The summed E-state index contributed by atoms with van der Waals surface area (Å²) in [4.78, 5) is 22.3. The van der Waals surface area contributed by atoms with Crippen LogP contribution in [0.3, 0.4) is 0 Å². The van der Waals surface area contributed by atoms with E-state index in [1.165, 1.54) is 0 Å². The SMILES string of the molecule is CCCC(NC(=O)CCNC(C)(C)C)C(=O)O. The Morgan fingerprint density at radius 3 is 2.29 bits per heavy atom. The molecule has 0 aromatic heterocycles. The predicted octanol–water partition coefficient (Wildman–Crippen LogP) is 1.13. The molecular weight excluding hydrogens is 220 g/mol. The van der Waals surface area contributed by atoms with Crippen LogP contribution in [0, 0.1) is 0 Å². The number of hydrogen-bond donors (Lipinski definition) is 3. The van der Waals surface area contributed by atoms with E-state index in [0.717, 1.165) is 6.42 Å². The van der Waals surface area contributed by atoms with Gasteiger partial charge in [0.25, 0.3) is 0 Å². The molecule has 0 aliphatic carbocycles. The molecule has 0 saturated heterocycles. The summed E-state index contributed by atoms with van der Waals surface area (Å²) < 4.78 is 0. The number of rotatable bonds is 7. The zero-order valence-electron chi connectivity index (χ0n) is 11.2. The first kappa shape index (κ1) is 15.9. The van der Waals surface area contributed by atoms with Crippen LogP contribution in [0.2, 0.25) is 0 Å². The van der Waals surface area contributed by atoms with E-state index in [9.17, 15) is 9.59 Å². The van der Waals surface area contributed by atoms with Crippen LogP contribution in [0.15, 0.2) is 0 Å². The van der Waals surface area contributed by atoms with Crippen molar-refractivity contribution in [1.29, 1.82) is 0 Å². The lowest BCUT2D eigenvalue weighted by Gasteiger charge is -2.20. The lowest BCUT2D eigenvalue weighted by atomic mass is 10.1. The zero-order chi connectivity index (χ0) is 13.5. The van der Waals surface area contributed by atoms with E-state index in [-0.39, 0.29) is 11.4 Å². The van der Waals surface area contributed by atoms with Crippen LogP contribution in [0.5, 0.6) is 0 Å². The maximum atomic E-state index is 11.5. The first-order valence-electron chi connectivity index (χ1n) is 6.03. The fourth-order valence-corrected chi connectivity index (χ4v) is 1.36.